The van der Waals surface area contributed by atoms with Crippen molar-refractivity contribution < 1.29 is 9.13 Å². The van der Waals surface area contributed by atoms with Crippen LogP contribution in [0.2, 0.25) is 0 Å². The summed E-state index contributed by atoms with van der Waals surface area (Å²) >= 11 is 4.48. The molecule has 3 aromatic carbocycles. The summed E-state index contributed by atoms with van der Waals surface area (Å²) in [6.45, 7) is 2.55. The highest BCUT2D eigenvalue weighted by Crippen LogP contribution is 2.31. The van der Waals surface area contributed by atoms with Crippen LogP contribution in [0.15, 0.2) is 60.7 Å². The Labute approximate surface area is 191 Å². The SMILES string of the molecule is Cc1cccc(COc2c(I)cc(/C=C(/C#N)c3cccc(F)c3)cc2I)c1. The van der Waals surface area contributed by atoms with Crippen LogP contribution >= 0.6 is 45.2 Å². The molecule has 0 unspecified atom stereocenters. The molecule has 0 saturated carbocycles. The minimum Gasteiger partial charge on any atom is -0.487 e. The first-order chi connectivity index (χ1) is 13.5. The fourth-order valence-corrected chi connectivity index (χ4v) is 4.89. The molecule has 0 radical (unpaired) electrons. The molecule has 0 saturated heterocycles. The normalized spacial score (nSPS) is 11.2. The average molecular weight is 595 g/mol. The van der Waals surface area contributed by atoms with Crippen LogP contribution in [-0.4, -0.2) is 0 Å². The van der Waals surface area contributed by atoms with Gasteiger partial charge in [-0.05, 0) is 99.1 Å². The van der Waals surface area contributed by atoms with Gasteiger partial charge in [0.25, 0.3) is 0 Å². The lowest BCUT2D eigenvalue weighted by Crippen LogP contribution is -2.00. The van der Waals surface area contributed by atoms with Crippen molar-refractivity contribution in [2.45, 2.75) is 13.5 Å². The molecule has 0 aliphatic carbocycles. The third-order valence-electron chi connectivity index (χ3n) is 4.05. The summed E-state index contributed by atoms with van der Waals surface area (Å²) in [6, 6.07) is 20.4. The molecule has 3 rings (SSSR count). The van der Waals surface area contributed by atoms with E-state index in [0.717, 1.165) is 24.0 Å². The maximum absolute atomic E-state index is 13.5. The molecule has 0 N–H and O–H groups in total. The molecule has 28 heavy (non-hydrogen) atoms. The molecule has 0 spiro atoms. The molecule has 0 fully saturated rings. The highest BCUT2D eigenvalue weighted by atomic mass is 127. The van der Waals surface area contributed by atoms with Crippen molar-refractivity contribution in [3.8, 4) is 11.8 Å². The lowest BCUT2D eigenvalue weighted by molar-refractivity contribution is 0.301. The van der Waals surface area contributed by atoms with Crippen LogP contribution in [0.25, 0.3) is 11.6 Å². The number of hydrogen-bond donors (Lipinski definition) is 0. The van der Waals surface area contributed by atoms with Gasteiger partial charge in [-0.2, -0.15) is 5.26 Å². The van der Waals surface area contributed by atoms with Gasteiger partial charge >= 0.3 is 0 Å². The van der Waals surface area contributed by atoms with Crippen LogP contribution in [0.5, 0.6) is 5.75 Å². The second-order valence-corrected chi connectivity index (χ2v) is 8.60. The molecular weight excluding hydrogens is 579 g/mol. The minimum absolute atomic E-state index is 0.359. The summed E-state index contributed by atoms with van der Waals surface area (Å²) in [7, 11) is 0. The Bertz CT molecular complexity index is 1060. The van der Waals surface area contributed by atoms with E-state index in [-0.39, 0.29) is 5.82 Å². The molecule has 0 heterocycles. The number of allylic oxidation sites excluding steroid dienone is 1. The van der Waals surface area contributed by atoms with Gasteiger partial charge in [0.1, 0.15) is 18.2 Å². The van der Waals surface area contributed by atoms with Crippen molar-refractivity contribution >= 4 is 56.8 Å². The van der Waals surface area contributed by atoms with Gasteiger partial charge < -0.3 is 4.74 Å². The Morgan fingerprint density at radius 2 is 1.79 bits per heavy atom. The fraction of sp³-hybridized carbons (Fsp3) is 0.0870. The van der Waals surface area contributed by atoms with E-state index in [0.29, 0.717) is 17.7 Å². The van der Waals surface area contributed by atoms with Crippen LogP contribution in [0, 0.1) is 31.2 Å². The van der Waals surface area contributed by atoms with Gasteiger partial charge in [0, 0.05) is 0 Å². The van der Waals surface area contributed by atoms with Crippen LogP contribution in [-0.2, 0) is 6.61 Å². The standard InChI is InChI=1S/C23H16FI2NO/c1-15-4-2-5-16(8-15)14-28-23-21(25)10-17(11-22(23)26)9-19(13-27)18-6-3-7-20(24)12-18/h2-12H,14H2,1H3/b19-9-. The maximum Gasteiger partial charge on any atom is 0.146 e. The van der Waals surface area contributed by atoms with Crippen LogP contribution in [0.1, 0.15) is 22.3 Å². The minimum atomic E-state index is -0.359. The maximum atomic E-state index is 13.5. The van der Waals surface area contributed by atoms with Gasteiger partial charge in [-0.15, -0.1) is 0 Å². The third kappa shape index (κ3) is 5.32. The second-order valence-electron chi connectivity index (χ2n) is 6.27. The molecule has 0 amide bonds. The molecule has 5 heteroatoms. The smallest absolute Gasteiger partial charge is 0.146 e. The van der Waals surface area contributed by atoms with Crippen molar-refractivity contribution in [1.82, 2.24) is 0 Å². The zero-order valence-electron chi connectivity index (χ0n) is 15.0. The summed E-state index contributed by atoms with van der Waals surface area (Å²) in [6.07, 6.45) is 1.77. The molecule has 0 aromatic heterocycles. The highest BCUT2D eigenvalue weighted by molar-refractivity contribution is 14.1. The molecule has 0 aliphatic heterocycles. The van der Waals surface area contributed by atoms with Gasteiger partial charge in [0.05, 0.1) is 18.8 Å². The molecule has 140 valence electrons. The van der Waals surface area contributed by atoms with Crippen LogP contribution in [0.4, 0.5) is 4.39 Å². The number of halogens is 3. The predicted octanol–water partition coefficient (Wildman–Crippen LogP) is 6.99. The van der Waals surface area contributed by atoms with E-state index in [1.165, 1.54) is 17.7 Å². The average Bonchev–Trinajstić information content (AvgIpc) is 2.65. The van der Waals surface area contributed by atoms with E-state index in [1.807, 2.05) is 24.3 Å². The Morgan fingerprint density at radius 1 is 1.07 bits per heavy atom. The largest absolute Gasteiger partial charge is 0.487 e. The summed E-state index contributed by atoms with van der Waals surface area (Å²) in [5, 5.41) is 9.49. The highest BCUT2D eigenvalue weighted by Gasteiger charge is 2.10. The van der Waals surface area contributed by atoms with Gasteiger partial charge in [-0.1, -0.05) is 42.0 Å². The Kier molecular flexibility index (Phi) is 7.08. The van der Waals surface area contributed by atoms with E-state index < -0.39 is 0 Å². The van der Waals surface area contributed by atoms with E-state index in [4.69, 9.17) is 4.74 Å². The Balaban J connectivity index is 1.86. The fourth-order valence-electron chi connectivity index (χ4n) is 2.76. The Morgan fingerprint density at radius 3 is 2.43 bits per heavy atom. The molecule has 0 atom stereocenters. The zero-order chi connectivity index (χ0) is 20.1. The number of nitrogens with zero attached hydrogens (tertiary/aromatic N) is 1. The lowest BCUT2D eigenvalue weighted by atomic mass is 10.0. The number of ether oxygens (including phenoxy) is 1. The summed E-state index contributed by atoms with van der Waals surface area (Å²) in [5.74, 6) is 0.465. The topological polar surface area (TPSA) is 33.0 Å². The number of nitriles is 1. The zero-order valence-corrected chi connectivity index (χ0v) is 19.4. The van der Waals surface area contributed by atoms with Crippen molar-refractivity contribution in [2.75, 3.05) is 0 Å². The summed E-state index contributed by atoms with van der Waals surface area (Å²) in [4.78, 5) is 0. The predicted molar refractivity (Wildman–Crippen MR) is 127 cm³/mol. The Hall–Kier alpha value is -1.92. The first-order valence-electron chi connectivity index (χ1n) is 8.51. The van der Waals surface area contributed by atoms with Crippen LogP contribution < -0.4 is 4.74 Å². The van der Waals surface area contributed by atoms with E-state index >= 15 is 0 Å². The molecule has 3 aromatic rings. The first-order valence-corrected chi connectivity index (χ1v) is 10.7. The summed E-state index contributed by atoms with van der Waals surface area (Å²) in [5.41, 5.74) is 4.17. The lowest BCUT2D eigenvalue weighted by Gasteiger charge is -2.12. The van der Waals surface area contributed by atoms with Gasteiger partial charge in [-0.3, -0.25) is 0 Å². The van der Waals surface area contributed by atoms with E-state index in [2.05, 4.69) is 70.3 Å². The van der Waals surface area contributed by atoms with Crippen molar-refractivity contribution in [3.05, 3.63) is 95.9 Å². The number of rotatable bonds is 5. The van der Waals surface area contributed by atoms with Crippen LogP contribution in [0.3, 0.4) is 0 Å². The van der Waals surface area contributed by atoms with Gasteiger partial charge in [0.2, 0.25) is 0 Å². The van der Waals surface area contributed by atoms with Crippen molar-refractivity contribution in [1.29, 1.82) is 5.26 Å². The molecule has 2 nitrogen and oxygen atoms in total. The van der Waals surface area contributed by atoms with Gasteiger partial charge in [0.15, 0.2) is 0 Å². The van der Waals surface area contributed by atoms with E-state index in [1.54, 1.807) is 18.2 Å². The third-order valence-corrected chi connectivity index (χ3v) is 5.66. The number of hydrogen-bond acceptors (Lipinski definition) is 2. The van der Waals surface area contributed by atoms with E-state index in [9.17, 15) is 9.65 Å². The van der Waals surface area contributed by atoms with Crippen molar-refractivity contribution in [3.63, 3.8) is 0 Å². The number of benzene rings is 3. The number of aryl methyl sites for hydroxylation is 1. The quantitative estimate of drug-likeness (QED) is 0.181. The van der Waals surface area contributed by atoms with Gasteiger partial charge in [-0.25, -0.2) is 4.39 Å². The first kappa shape index (κ1) is 20.8. The molecule has 0 aliphatic rings. The second kappa shape index (κ2) is 9.52. The monoisotopic (exact) mass is 595 g/mol. The van der Waals surface area contributed by atoms with Crippen molar-refractivity contribution in [2.24, 2.45) is 0 Å². The molecular formula is C23H16FI2NO. The molecule has 0 bridgehead atoms. The summed E-state index contributed by atoms with van der Waals surface area (Å²) < 4.78 is 21.4.